The van der Waals surface area contributed by atoms with Gasteiger partial charge in [-0.3, -0.25) is 4.72 Å². The van der Waals surface area contributed by atoms with Gasteiger partial charge in [0.25, 0.3) is 10.2 Å². The normalized spacial score (nSPS) is 11.8. The monoisotopic (exact) mass is 310 g/mol. The molecule has 4 nitrogen and oxygen atoms in total. The molecule has 0 aliphatic carbocycles. The van der Waals surface area contributed by atoms with Crippen molar-refractivity contribution in [3.05, 3.63) is 28.5 Å². The first kappa shape index (κ1) is 13.4. The Labute approximate surface area is 103 Å². The first-order valence-corrected chi connectivity index (χ1v) is 6.83. The minimum absolute atomic E-state index is 0.0867. The van der Waals surface area contributed by atoms with E-state index in [2.05, 4.69) is 25.4 Å². The Bertz CT molecular complexity index is 476. The van der Waals surface area contributed by atoms with Gasteiger partial charge in [0.05, 0.1) is 5.69 Å². The van der Waals surface area contributed by atoms with Crippen molar-refractivity contribution in [2.24, 2.45) is 0 Å². The Balaban J connectivity index is 2.88. The lowest BCUT2D eigenvalue weighted by Crippen LogP contribution is -2.35. The molecule has 1 rings (SSSR count). The van der Waals surface area contributed by atoms with E-state index in [1.165, 1.54) is 12.1 Å². The molecule has 0 amide bonds. The fraction of sp³-hybridized carbons (Fsp3) is 0.333. The molecule has 0 fully saturated rings. The summed E-state index contributed by atoms with van der Waals surface area (Å²) in [5.74, 6) is -0.636. The first-order valence-electron chi connectivity index (χ1n) is 4.55. The van der Waals surface area contributed by atoms with Gasteiger partial charge in [-0.25, -0.2) is 4.39 Å². The molecule has 0 atom stereocenters. The van der Waals surface area contributed by atoms with Crippen molar-refractivity contribution in [2.45, 2.75) is 19.9 Å². The van der Waals surface area contributed by atoms with Crippen molar-refractivity contribution in [3.8, 4) is 0 Å². The molecule has 16 heavy (non-hydrogen) atoms. The largest absolute Gasteiger partial charge is 0.299 e. The zero-order valence-electron chi connectivity index (χ0n) is 8.79. The van der Waals surface area contributed by atoms with Crippen LogP contribution in [0.3, 0.4) is 0 Å². The maximum Gasteiger partial charge on any atom is 0.299 e. The summed E-state index contributed by atoms with van der Waals surface area (Å²) in [4.78, 5) is 0. The summed E-state index contributed by atoms with van der Waals surface area (Å²) in [6.45, 7) is 3.36. The molecule has 0 saturated heterocycles. The lowest BCUT2D eigenvalue weighted by Gasteiger charge is -2.12. The second-order valence-corrected chi connectivity index (χ2v) is 5.86. The van der Waals surface area contributed by atoms with E-state index in [0.29, 0.717) is 4.47 Å². The van der Waals surface area contributed by atoms with Crippen molar-refractivity contribution in [1.82, 2.24) is 4.72 Å². The molecule has 0 bridgehead atoms. The van der Waals surface area contributed by atoms with Gasteiger partial charge in [0.2, 0.25) is 0 Å². The van der Waals surface area contributed by atoms with Crippen molar-refractivity contribution >= 4 is 31.8 Å². The van der Waals surface area contributed by atoms with Crippen LogP contribution in [0.2, 0.25) is 0 Å². The molecule has 0 heterocycles. The van der Waals surface area contributed by atoms with Gasteiger partial charge in [0, 0.05) is 10.5 Å². The molecule has 0 saturated carbocycles. The van der Waals surface area contributed by atoms with E-state index in [1.807, 2.05) is 0 Å². The van der Waals surface area contributed by atoms with E-state index in [1.54, 1.807) is 19.9 Å². The third-order valence-corrected chi connectivity index (χ3v) is 3.33. The van der Waals surface area contributed by atoms with E-state index < -0.39 is 16.0 Å². The molecule has 0 radical (unpaired) electrons. The van der Waals surface area contributed by atoms with Crippen LogP contribution in [0, 0.1) is 5.82 Å². The van der Waals surface area contributed by atoms with Gasteiger partial charge in [-0.05, 0) is 32.0 Å². The van der Waals surface area contributed by atoms with Crippen LogP contribution in [-0.4, -0.2) is 14.5 Å². The van der Waals surface area contributed by atoms with Gasteiger partial charge in [-0.2, -0.15) is 13.1 Å². The van der Waals surface area contributed by atoms with Crippen molar-refractivity contribution < 1.29 is 12.8 Å². The SMILES string of the molecule is CC(C)NS(=O)(=O)Nc1ccc(Br)cc1F. The van der Waals surface area contributed by atoms with Crippen LogP contribution in [-0.2, 0) is 10.2 Å². The highest BCUT2D eigenvalue weighted by Gasteiger charge is 2.13. The molecule has 2 N–H and O–H groups in total. The van der Waals surface area contributed by atoms with Gasteiger partial charge >= 0.3 is 0 Å². The second kappa shape index (κ2) is 5.11. The van der Waals surface area contributed by atoms with E-state index in [0.717, 1.165) is 0 Å². The molecule has 0 unspecified atom stereocenters. The standard InChI is InChI=1S/C9H12BrFN2O2S/c1-6(2)12-16(14,15)13-9-4-3-7(10)5-8(9)11/h3-6,12-13H,1-2H3. The number of hydrogen-bond donors (Lipinski definition) is 2. The topological polar surface area (TPSA) is 58.2 Å². The van der Waals surface area contributed by atoms with E-state index in [-0.39, 0.29) is 11.7 Å². The van der Waals surface area contributed by atoms with E-state index in [4.69, 9.17) is 0 Å². The predicted molar refractivity (Wildman–Crippen MR) is 64.9 cm³/mol. The van der Waals surface area contributed by atoms with Crippen molar-refractivity contribution in [2.75, 3.05) is 4.72 Å². The van der Waals surface area contributed by atoms with Crippen molar-refractivity contribution in [3.63, 3.8) is 0 Å². The first-order chi connectivity index (χ1) is 7.30. The maximum atomic E-state index is 13.3. The third kappa shape index (κ3) is 4.07. The predicted octanol–water partition coefficient (Wildman–Crippen LogP) is 2.24. The molecule has 1 aromatic carbocycles. The van der Waals surface area contributed by atoms with Gasteiger partial charge in [0.15, 0.2) is 0 Å². The molecule has 0 aliphatic heterocycles. The molecular weight excluding hydrogens is 299 g/mol. The minimum Gasteiger partial charge on any atom is -0.268 e. The van der Waals surface area contributed by atoms with Crippen LogP contribution in [0.4, 0.5) is 10.1 Å². The molecular formula is C9H12BrFN2O2S. The maximum absolute atomic E-state index is 13.3. The molecule has 90 valence electrons. The van der Waals surface area contributed by atoms with Gasteiger partial charge < -0.3 is 0 Å². The summed E-state index contributed by atoms with van der Waals surface area (Å²) in [7, 11) is -3.72. The van der Waals surface area contributed by atoms with Gasteiger partial charge in [-0.15, -0.1) is 0 Å². The van der Waals surface area contributed by atoms with Crippen LogP contribution < -0.4 is 9.44 Å². The zero-order chi connectivity index (χ0) is 12.3. The quantitative estimate of drug-likeness (QED) is 0.896. The van der Waals surface area contributed by atoms with Crippen LogP contribution in [0.1, 0.15) is 13.8 Å². The summed E-state index contributed by atoms with van der Waals surface area (Å²) in [6.07, 6.45) is 0. The summed E-state index contributed by atoms with van der Waals surface area (Å²) < 4.78 is 41.2. The summed E-state index contributed by atoms with van der Waals surface area (Å²) in [5, 5.41) is 0. The summed E-state index contributed by atoms with van der Waals surface area (Å²) in [6, 6.07) is 3.83. The number of hydrogen-bond acceptors (Lipinski definition) is 2. The van der Waals surface area contributed by atoms with Crippen LogP contribution in [0.5, 0.6) is 0 Å². The zero-order valence-corrected chi connectivity index (χ0v) is 11.2. The number of anilines is 1. The highest BCUT2D eigenvalue weighted by Crippen LogP contribution is 2.19. The van der Waals surface area contributed by atoms with Gasteiger partial charge in [-0.1, -0.05) is 15.9 Å². The summed E-state index contributed by atoms with van der Waals surface area (Å²) >= 11 is 3.08. The number of halogens is 2. The van der Waals surface area contributed by atoms with Crippen LogP contribution in [0.25, 0.3) is 0 Å². The smallest absolute Gasteiger partial charge is 0.268 e. The number of benzene rings is 1. The highest BCUT2D eigenvalue weighted by atomic mass is 79.9. The van der Waals surface area contributed by atoms with E-state index in [9.17, 15) is 12.8 Å². The fourth-order valence-corrected chi connectivity index (χ4v) is 2.52. The Morgan fingerprint density at radius 1 is 1.38 bits per heavy atom. The van der Waals surface area contributed by atoms with Crippen LogP contribution >= 0.6 is 15.9 Å². The van der Waals surface area contributed by atoms with Crippen LogP contribution in [0.15, 0.2) is 22.7 Å². The fourth-order valence-electron chi connectivity index (χ4n) is 1.06. The number of nitrogens with one attached hydrogen (secondary N) is 2. The van der Waals surface area contributed by atoms with Gasteiger partial charge in [0.1, 0.15) is 5.82 Å². The molecule has 1 aromatic rings. The molecule has 0 spiro atoms. The molecule has 0 aromatic heterocycles. The average molecular weight is 311 g/mol. The number of rotatable bonds is 4. The Hall–Kier alpha value is -0.660. The third-order valence-electron chi connectivity index (χ3n) is 1.57. The Morgan fingerprint density at radius 2 is 2.00 bits per heavy atom. The molecule has 7 heteroatoms. The Kier molecular flexibility index (Phi) is 4.28. The lowest BCUT2D eigenvalue weighted by molar-refractivity contribution is 0.573. The lowest BCUT2D eigenvalue weighted by atomic mass is 10.3. The highest BCUT2D eigenvalue weighted by molar-refractivity contribution is 9.10. The van der Waals surface area contributed by atoms with E-state index >= 15 is 0 Å². The second-order valence-electron chi connectivity index (χ2n) is 3.50. The average Bonchev–Trinajstić information content (AvgIpc) is 2.07. The Morgan fingerprint density at radius 3 is 2.50 bits per heavy atom. The minimum atomic E-state index is -3.72. The molecule has 0 aliphatic rings. The summed E-state index contributed by atoms with van der Waals surface area (Å²) in [5.41, 5.74) is -0.0867. The van der Waals surface area contributed by atoms with Crippen molar-refractivity contribution in [1.29, 1.82) is 0 Å².